The van der Waals surface area contributed by atoms with Crippen LogP contribution in [-0.4, -0.2) is 13.1 Å². The Morgan fingerprint density at radius 1 is 1.14 bits per heavy atom. The van der Waals surface area contributed by atoms with Gasteiger partial charge in [-0.1, -0.05) is 40.2 Å². The van der Waals surface area contributed by atoms with E-state index in [4.69, 9.17) is 0 Å². The van der Waals surface area contributed by atoms with Gasteiger partial charge in [0, 0.05) is 0 Å². The summed E-state index contributed by atoms with van der Waals surface area (Å²) in [6.07, 6.45) is -2.25. The average molecular weight is 316 g/mol. The molecule has 0 aliphatic rings. The lowest BCUT2D eigenvalue weighted by Crippen LogP contribution is -2.22. The molecule has 0 saturated heterocycles. The SMILES string of the molecule is CCCCc1cc(C(C)(C)C)c(C(F)(F)F)cc1C(=O)OC. The van der Waals surface area contributed by atoms with Crippen molar-refractivity contribution in [1.29, 1.82) is 0 Å². The molecule has 0 fully saturated rings. The summed E-state index contributed by atoms with van der Waals surface area (Å²) >= 11 is 0. The first-order valence-electron chi connectivity index (χ1n) is 7.35. The highest BCUT2D eigenvalue weighted by atomic mass is 19.4. The number of rotatable bonds is 4. The van der Waals surface area contributed by atoms with Gasteiger partial charge in [-0.2, -0.15) is 13.2 Å². The van der Waals surface area contributed by atoms with Gasteiger partial charge in [0.1, 0.15) is 0 Å². The molecule has 1 aromatic carbocycles. The fraction of sp³-hybridized carbons (Fsp3) is 0.588. The molecule has 2 nitrogen and oxygen atoms in total. The standard InChI is InChI=1S/C17H23F3O2/c1-6-7-8-11-9-13(16(2,3)4)14(17(18,19)20)10-12(11)15(21)22-5/h9-10H,6-8H2,1-5H3. The number of methoxy groups -OCH3 is 1. The van der Waals surface area contributed by atoms with Crippen molar-refractivity contribution < 1.29 is 22.7 Å². The first kappa shape index (κ1) is 18.5. The molecular formula is C17H23F3O2. The maximum Gasteiger partial charge on any atom is 0.416 e. The number of aryl methyl sites for hydroxylation is 1. The fourth-order valence-corrected chi connectivity index (χ4v) is 2.37. The monoisotopic (exact) mass is 316 g/mol. The summed E-state index contributed by atoms with van der Waals surface area (Å²) in [5.41, 5.74) is -0.595. The fourth-order valence-electron chi connectivity index (χ4n) is 2.37. The van der Waals surface area contributed by atoms with E-state index in [2.05, 4.69) is 4.74 Å². The summed E-state index contributed by atoms with van der Waals surface area (Å²) in [5.74, 6) is -0.725. The van der Waals surface area contributed by atoms with Crippen molar-refractivity contribution in [1.82, 2.24) is 0 Å². The zero-order chi connectivity index (χ0) is 17.1. The topological polar surface area (TPSA) is 26.3 Å². The largest absolute Gasteiger partial charge is 0.465 e. The minimum absolute atomic E-state index is 0.0104. The van der Waals surface area contributed by atoms with Crippen LogP contribution in [0.1, 0.15) is 67.6 Å². The van der Waals surface area contributed by atoms with Gasteiger partial charge in [-0.05, 0) is 35.4 Å². The van der Waals surface area contributed by atoms with Crippen molar-refractivity contribution in [3.8, 4) is 0 Å². The van der Waals surface area contributed by atoms with Crippen molar-refractivity contribution in [3.63, 3.8) is 0 Å². The lowest BCUT2D eigenvalue weighted by atomic mass is 9.80. The maximum atomic E-state index is 13.4. The number of unbranched alkanes of at least 4 members (excludes halogenated alkanes) is 1. The minimum Gasteiger partial charge on any atom is -0.465 e. The molecule has 0 atom stereocenters. The van der Waals surface area contributed by atoms with E-state index in [-0.39, 0.29) is 11.1 Å². The van der Waals surface area contributed by atoms with E-state index in [0.29, 0.717) is 12.0 Å². The van der Waals surface area contributed by atoms with Crippen molar-refractivity contribution in [3.05, 3.63) is 34.4 Å². The van der Waals surface area contributed by atoms with Gasteiger partial charge < -0.3 is 4.74 Å². The Bertz CT molecular complexity index is 540. The van der Waals surface area contributed by atoms with Crippen LogP contribution in [0, 0.1) is 0 Å². The highest BCUT2D eigenvalue weighted by molar-refractivity contribution is 5.91. The van der Waals surface area contributed by atoms with Gasteiger partial charge in [0.25, 0.3) is 0 Å². The Hall–Kier alpha value is -1.52. The van der Waals surface area contributed by atoms with Crippen LogP contribution < -0.4 is 0 Å². The van der Waals surface area contributed by atoms with Crippen molar-refractivity contribution in [2.45, 2.75) is 58.5 Å². The van der Waals surface area contributed by atoms with E-state index in [1.165, 1.54) is 13.2 Å². The molecule has 0 spiro atoms. The molecule has 0 bridgehead atoms. The van der Waals surface area contributed by atoms with E-state index >= 15 is 0 Å². The van der Waals surface area contributed by atoms with E-state index < -0.39 is 23.1 Å². The summed E-state index contributed by atoms with van der Waals surface area (Å²) in [7, 11) is 1.18. The van der Waals surface area contributed by atoms with Gasteiger partial charge in [0.2, 0.25) is 0 Å². The number of hydrogen-bond acceptors (Lipinski definition) is 2. The third-order valence-corrected chi connectivity index (χ3v) is 3.56. The predicted molar refractivity (Wildman–Crippen MR) is 80.1 cm³/mol. The van der Waals surface area contributed by atoms with Gasteiger partial charge in [0.05, 0.1) is 18.2 Å². The minimum atomic E-state index is -4.51. The highest BCUT2D eigenvalue weighted by Gasteiger charge is 2.38. The van der Waals surface area contributed by atoms with Gasteiger partial charge in [-0.15, -0.1) is 0 Å². The number of benzene rings is 1. The molecule has 5 heteroatoms. The smallest absolute Gasteiger partial charge is 0.416 e. The Kier molecular flexibility index (Phi) is 5.65. The number of hydrogen-bond donors (Lipinski definition) is 0. The Morgan fingerprint density at radius 3 is 2.14 bits per heavy atom. The number of halogens is 3. The van der Waals surface area contributed by atoms with Crippen LogP contribution in [0.25, 0.3) is 0 Å². The molecule has 0 aliphatic carbocycles. The number of carbonyl (C=O) groups is 1. The second-order valence-electron chi connectivity index (χ2n) is 6.40. The van der Waals surface area contributed by atoms with Gasteiger partial charge in [0.15, 0.2) is 0 Å². The van der Waals surface area contributed by atoms with Crippen LogP contribution in [0.5, 0.6) is 0 Å². The lowest BCUT2D eigenvalue weighted by Gasteiger charge is -2.26. The van der Waals surface area contributed by atoms with Crippen LogP contribution in [0.4, 0.5) is 13.2 Å². The van der Waals surface area contributed by atoms with Gasteiger partial charge in [-0.25, -0.2) is 4.79 Å². The van der Waals surface area contributed by atoms with E-state index in [0.717, 1.165) is 18.9 Å². The van der Waals surface area contributed by atoms with Crippen molar-refractivity contribution >= 4 is 5.97 Å². The summed E-state index contributed by atoms with van der Waals surface area (Å²) in [6, 6.07) is 2.46. The number of carbonyl (C=O) groups excluding carboxylic acids is 1. The van der Waals surface area contributed by atoms with Crippen molar-refractivity contribution in [2.75, 3.05) is 7.11 Å². The second kappa shape index (κ2) is 6.71. The molecule has 0 aliphatic heterocycles. The number of ether oxygens (including phenoxy) is 1. The Labute approximate surface area is 129 Å². The number of esters is 1. The zero-order valence-corrected chi connectivity index (χ0v) is 13.7. The Morgan fingerprint density at radius 2 is 1.73 bits per heavy atom. The molecule has 0 amide bonds. The molecule has 0 saturated carbocycles. The third kappa shape index (κ3) is 4.24. The van der Waals surface area contributed by atoms with E-state index in [9.17, 15) is 18.0 Å². The summed E-state index contributed by atoms with van der Waals surface area (Å²) in [6.45, 7) is 7.20. The maximum absolute atomic E-state index is 13.4. The molecular weight excluding hydrogens is 293 g/mol. The van der Waals surface area contributed by atoms with E-state index in [1.807, 2.05) is 6.92 Å². The highest BCUT2D eigenvalue weighted by Crippen LogP contribution is 2.39. The summed E-state index contributed by atoms with van der Waals surface area (Å²) in [5, 5.41) is 0. The average Bonchev–Trinajstić information content (AvgIpc) is 2.41. The molecule has 1 rings (SSSR count). The second-order valence-corrected chi connectivity index (χ2v) is 6.40. The third-order valence-electron chi connectivity index (χ3n) is 3.56. The molecule has 124 valence electrons. The van der Waals surface area contributed by atoms with Crippen LogP contribution in [-0.2, 0) is 22.7 Å². The predicted octanol–water partition coefficient (Wildman–Crippen LogP) is 5.13. The van der Waals surface area contributed by atoms with Crippen LogP contribution >= 0.6 is 0 Å². The van der Waals surface area contributed by atoms with Crippen molar-refractivity contribution in [2.24, 2.45) is 0 Å². The van der Waals surface area contributed by atoms with Crippen LogP contribution in [0.15, 0.2) is 12.1 Å². The molecule has 0 radical (unpaired) electrons. The van der Waals surface area contributed by atoms with Crippen LogP contribution in [0.3, 0.4) is 0 Å². The molecule has 22 heavy (non-hydrogen) atoms. The first-order valence-corrected chi connectivity index (χ1v) is 7.35. The van der Waals surface area contributed by atoms with Crippen LogP contribution in [0.2, 0.25) is 0 Å². The molecule has 0 unspecified atom stereocenters. The normalized spacial score (nSPS) is 12.4. The first-order chi connectivity index (χ1) is 10.0. The lowest BCUT2D eigenvalue weighted by molar-refractivity contribution is -0.138. The van der Waals surface area contributed by atoms with E-state index in [1.54, 1.807) is 20.8 Å². The summed E-state index contributed by atoms with van der Waals surface area (Å²) < 4.78 is 44.7. The van der Waals surface area contributed by atoms with Gasteiger partial charge >= 0.3 is 12.1 Å². The molecule has 1 aromatic rings. The molecule has 0 N–H and O–H groups in total. The Balaban J connectivity index is 3.60. The summed E-state index contributed by atoms with van der Waals surface area (Å²) in [4.78, 5) is 11.8. The quantitative estimate of drug-likeness (QED) is 0.720. The molecule has 0 heterocycles. The zero-order valence-electron chi connectivity index (χ0n) is 13.7. The van der Waals surface area contributed by atoms with Gasteiger partial charge in [-0.3, -0.25) is 0 Å². The number of alkyl halides is 3. The molecule has 0 aromatic heterocycles.